The van der Waals surface area contributed by atoms with Gasteiger partial charge in [-0.25, -0.2) is 0 Å². The molecule has 0 spiro atoms. The highest BCUT2D eigenvalue weighted by Crippen LogP contribution is 2.22. The molecule has 2 unspecified atom stereocenters. The fourth-order valence-corrected chi connectivity index (χ4v) is 2.10. The molecule has 1 aromatic rings. The van der Waals surface area contributed by atoms with Gasteiger partial charge in [-0.3, -0.25) is 0 Å². The summed E-state index contributed by atoms with van der Waals surface area (Å²) in [5.74, 6) is 0. The van der Waals surface area contributed by atoms with Crippen molar-refractivity contribution in [3.05, 3.63) is 29.8 Å². The molecule has 0 aliphatic carbocycles. The molecule has 96 valence electrons. The van der Waals surface area contributed by atoms with Gasteiger partial charge in [-0.05, 0) is 24.1 Å². The Morgan fingerprint density at radius 2 is 2.22 bits per heavy atom. The van der Waals surface area contributed by atoms with Crippen molar-refractivity contribution >= 4 is 5.69 Å². The zero-order valence-corrected chi connectivity index (χ0v) is 10.5. The number of aliphatic hydroxyl groups is 1. The standard InChI is InChI=1S/C14H18N2O2/c1-2-14(17)11-3-5-12(6-4-11)16-7-8-18-13(9-15)10-16/h3-6,13-14,17H,2,7-8,10H2,1H3. The van der Waals surface area contributed by atoms with E-state index >= 15 is 0 Å². The van der Waals surface area contributed by atoms with Gasteiger partial charge in [0.25, 0.3) is 0 Å². The Hall–Kier alpha value is -1.57. The number of benzene rings is 1. The van der Waals surface area contributed by atoms with E-state index in [9.17, 15) is 5.11 Å². The van der Waals surface area contributed by atoms with Crippen LogP contribution in [0.4, 0.5) is 5.69 Å². The molecular weight excluding hydrogens is 228 g/mol. The average molecular weight is 246 g/mol. The third kappa shape index (κ3) is 2.81. The number of ether oxygens (including phenoxy) is 1. The number of aliphatic hydroxyl groups excluding tert-OH is 1. The summed E-state index contributed by atoms with van der Waals surface area (Å²) >= 11 is 0. The second-order valence-corrected chi connectivity index (χ2v) is 4.45. The molecule has 0 amide bonds. The molecule has 1 aliphatic heterocycles. The molecule has 2 atom stereocenters. The van der Waals surface area contributed by atoms with E-state index in [1.807, 2.05) is 31.2 Å². The predicted molar refractivity (Wildman–Crippen MR) is 69.3 cm³/mol. The third-order valence-corrected chi connectivity index (χ3v) is 3.24. The van der Waals surface area contributed by atoms with Crippen LogP contribution in [0.3, 0.4) is 0 Å². The summed E-state index contributed by atoms with van der Waals surface area (Å²) in [5, 5.41) is 18.6. The first-order chi connectivity index (χ1) is 8.74. The van der Waals surface area contributed by atoms with Gasteiger partial charge in [0.2, 0.25) is 0 Å². The van der Waals surface area contributed by atoms with Gasteiger partial charge in [0, 0.05) is 12.2 Å². The number of nitriles is 1. The second kappa shape index (κ2) is 5.85. The van der Waals surface area contributed by atoms with Crippen LogP contribution in [0.15, 0.2) is 24.3 Å². The summed E-state index contributed by atoms with van der Waals surface area (Å²) in [4.78, 5) is 2.14. The van der Waals surface area contributed by atoms with Crippen LogP contribution in [0, 0.1) is 11.3 Å². The molecule has 1 saturated heterocycles. The molecule has 1 aliphatic rings. The van der Waals surface area contributed by atoms with Crippen molar-refractivity contribution in [1.82, 2.24) is 0 Å². The lowest BCUT2D eigenvalue weighted by molar-refractivity contribution is 0.0764. The third-order valence-electron chi connectivity index (χ3n) is 3.24. The summed E-state index contributed by atoms with van der Waals surface area (Å²) in [6, 6.07) is 10.0. The van der Waals surface area contributed by atoms with Gasteiger partial charge in [0.05, 0.1) is 25.3 Å². The molecule has 0 radical (unpaired) electrons. The van der Waals surface area contributed by atoms with Crippen molar-refractivity contribution in [3.63, 3.8) is 0 Å². The Kier molecular flexibility index (Phi) is 4.19. The van der Waals surface area contributed by atoms with E-state index in [0.717, 1.165) is 17.8 Å². The number of hydrogen-bond donors (Lipinski definition) is 1. The van der Waals surface area contributed by atoms with Crippen LogP contribution in [0.5, 0.6) is 0 Å². The minimum absolute atomic E-state index is 0.348. The molecule has 1 heterocycles. The monoisotopic (exact) mass is 246 g/mol. The zero-order chi connectivity index (χ0) is 13.0. The molecule has 0 aromatic heterocycles. The number of anilines is 1. The quantitative estimate of drug-likeness (QED) is 0.884. The fraction of sp³-hybridized carbons (Fsp3) is 0.500. The predicted octanol–water partition coefficient (Wildman–Crippen LogP) is 1.86. The maximum atomic E-state index is 9.73. The summed E-state index contributed by atoms with van der Waals surface area (Å²) < 4.78 is 5.32. The Balaban J connectivity index is 2.07. The molecule has 0 bridgehead atoms. The highest BCUT2D eigenvalue weighted by atomic mass is 16.5. The zero-order valence-electron chi connectivity index (χ0n) is 10.5. The molecule has 1 N–H and O–H groups in total. The highest BCUT2D eigenvalue weighted by molar-refractivity contribution is 5.48. The van der Waals surface area contributed by atoms with Crippen LogP contribution >= 0.6 is 0 Å². The normalized spacial score (nSPS) is 21.4. The summed E-state index contributed by atoms with van der Waals surface area (Å²) in [6.07, 6.45) is -0.0248. The molecule has 1 fully saturated rings. The first-order valence-corrected chi connectivity index (χ1v) is 6.28. The van der Waals surface area contributed by atoms with Gasteiger partial charge in [-0.1, -0.05) is 19.1 Å². The van der Waals surface area contributed by atoms with Crippen LogP contribution in [0.25, 0.3) is 0 Å². The molecule has 1 aromatic carbocycles. The van der Waals surface area contributed by atoms with Crippen molar-refractivity contribution < 1.29 is 9.84 Å². The van der Waals surface area contributed by atoms with Crippen LogP contribution in [0.2, 0.25) is 0 Å². The van der Waals surface area contributed by atoms with E-state index in [1.54, 1.807) is 0 Å². The highest BCUT2D eigenvalue weighted by Gasteiger charge is 2.20. The Bertz CT molecular complexity index is 424. The number of hydrogen-bond acceptors (Lipinski definition) is 4. The number of morpholine rings is 1. The maximum absolute atomic E-state index is 9.73. The first-order valence-electron chi connectivity index (χ1n) is 6.28. The Morgan fingerprint density at radius 1 is 1.50 bits per heavy atom. The van der Waals surface area contributed by atoms with Crippen molar-refractivity contribution in [2.45, 2.75) is 25.6 Å². The van der Waals surface area contributed by atoms with Crippen molar-refractivity contribution in [2.24, 2.45) is 0 Å². The maximum Gasteiger partial charge on any atom is 0.161 e. The molecular formula is C14H18N2O2. The minimum atomic E-state index is -0.393. The minimum Gasteiger partial charge on any atom is -0.388 e. The van der Waals surface area contributed by atoms with Gasteiger partial charge in [-0.15, -0.1) is 0 Å². The van der Waals surface area contributed by atoms with E-state index in [2.05, 4.69) is 11.0 Å². The van der Waals surface area contributed by atoms with Gasteiger partial charge in [0.15, 0.2) is 6.10 Å². The van der Waals surface area contributed by atoms with E-state index < -0.39 is 6.10 Å². The lowest BCUT2D eigenvalue weighted by atomic mass is 10.1. The lowest BCUT2D eigenvalue weighted by Gasteiger charge is -2.31. The van der Waals surface area contributed by atoms with Crippen LogP contribution in [-0.4, -0.2) is 30.9 Å². The lowest BCUT2D eigenvalue weighted by Crippen LogP contribution is -2.41. The molecule has 4 heteroatoms. The number of nitrogens with zero attached hydrogens (tertiary/aromatic N) is 2. The first kappa shape index (κ1) is 12.9. The van der Waals surface area contributed by atoms with Gasteiger partial charge >= 0.3 is 0 Å². The smallest absolute Gasteiger partial charge is 0.161 e. The Labute approximate surface area is 107 Å². The Morgan fingerprint density at radius 3 is 2.83 bits per heavy atom. The molecule has 18 heavy (non-hydrogen) atoms. The second-order valence-electron chi connectivity index (χ2n) is 4.45. The largest absolute Gasteiger partial charge is 0.388 e. The van der Waals surface area contributed by atoms with E-state index in [1.165, 1.54) is 0 Å². The van der Waals surface area contributed by atoms with Crippen molar-refractivity contribution in [3.8, 4) is 6.07 Å². The summed E-state index contributed by atoms with van der Waals surface area (Å²) in [7, 11) is 0. The topological polar surface area (TPSA) is 56.5 Å². The van der Waals surface area contributed by atoms with E-state index in [0.29, 0.717) is 19.6 Å². The van der Waals surface area contributed by atoms with Crippen LogP contribution in [-0.2, 0) is 4.74 Å². The van der Waals surface area contributed by atoms with Gasteiger partial charge in [-0.2, -0.15) is 5.26 Å². The average Bonchev–Trinajstić information content (AvgIpc) is 2.46. The van der Waals surface area contributed by atoms with E-state index in [-0.39, 0.29) is 6.10 Å². The molecule has 0 saturated carbocycles. The van der Waals surface area contributed by atoms with Crippen molar-refractivity contribution in [1.29, 1.82) is 5.26 Å². The van der Waals surface area contributed by atoms with Crippen molar-refractivity contribution in [2.75, 3.05) is 24.6 Å². The molecule has 2 rings (SSSR count). The summed E-state index contributed by atoms with van der Waals surface area (Å²) in [6.45, 7) is 3.94. The molecule has 4 nitrogen and oxygen atoms in total. The van der Waals surface area contributed by atoms with Gasteiger partial charge < -0.3 is 14.7 Å². The summed E-state index contributed by atoms with van der Waals surface area (Å²) in [5.41, 5.74) is 2.01. The number of rotatable bonds is 3. The van der Waals surface area contributed by atoms with Crippen LogP contribution in [0.1, 0.15) is 25.0 Å². The van der Waals surface area contributed by atoms with Gasteiger partial charge in [0.1, 0.15) is 0 Å². The van der Waals surface area contributed by atoms with Crippen LogP contribution < -0.4 is 4.90 Å². The SMILES string of the molecule is CCC(O)c1ccc(N2CCOC(C#N)C2)cc1. The fourth-order valence-electron chi connectivity index (χ4n) is 2.10. The van der Waals surface area contributed by atoms with E-state index in [4.69, 9.17) is 10.00 Å².